The molecule has 2 heterocycles. The van der Waals surface area contributed by atoms with E-state index in [0.717, 1.165) is 17.7 Å². The van der Waals surface area contributed by atoms with Gasteiger partial charge in [0, 0.05) is 30.4 Å². The van der Waals surface area contributed by atoms with Crippen molar-refractivity contribution in [1.82, 2.24) is 19.7 Å². The Balaban J connectivity index is 1.89. The Morgan fingerprint density at radius 2 is 1.81 bits per heavy atom. The Labute approximate surface area is 150 Å². The van der Waals surface area contributed by atoms with Gasteiger partial charge in [0.15, 0.2) is 0 Å². The van der Waals surface area contributed by atoms with Crippen molar-refractivity contribution >= 4 is 10.0 Å². The molecule has 0 saturated carbocycles. The lowest BCUT2D eigenvalue weighted by Gasteiger charge is -2.12. The number of pyridine rings is 1. The van der Waals surface area contributed by atoms with Gasteiger partial charge in [0.1, 0.15) is 16.5 Å². The highest BCUT2D eigenvalue weighted by molar-refractivity contribution is 7.89. The van der Waals surface area contributed by atoms with Crippen molar-refractivity contribution in [3.63, 3.8) is 0 Å². The molecule has 0 saturated heterocycles. The van der Waals surface area contributed by atoms with Crippen LogP contribution in [0.3, 0.4) is 0 Å². The molecule has 0 fully saturated rings. The lowest BCUT2D eigenvalue weighted by molar-refractivity contribution is 0.400. The fourth-order valence-corrected chi connectivity index (χ4v) is 3.52. The summed E-state index contributed by atoms with van der Waals surface area (Å²) >= 11 is 0. The summed E-state index contributed by atoms with van der Waals surface area (Å²) < 4.78 is 46.0. The van der Waals surface area contributed by atoms with Gasteiger partial charge in [-0.2, -0.15) is 0 Å². The maximum absolute atomic E-state index is 13.5. The van der Waals surface area contributed by atoms with Gasteiger partial charge in [-0.3, -0.25) is 15.0 Å². The standard InChI is InChI=1S/C17H15FN4O3S/c1-25-15-3-2-13(18)10-16(15)26(23,24)22-11-14-17(21-9-8-20-14)12-4-6-19-7-5-12/h2-10,22H,11H2,1H3. The van der Waals surface area contributed by atoms with E-state index in [2.05, 4.69) is 19.7 Å². The number of aromatic nitrogens is 3. The molecule has 0 amide bonds. The van der Waals surface area contributed by atoms with Crippen LogP contribution >= 0.6 is 0 Å². The average molecular weight is 374 g/mol. The van der Waals surface area contributed by atoms with Crippen LogP contribution in [0.25, 0.3) is 11.3 Å². The van der Waals surface area contributed by atoms with Crippen molar-refractivity contribution in [3.05, 3.63) is 66.6 Å². The van der Waals surface area contributed by atoms with Crippen LogP contribution < -0.4 is 9.46 Å². The molecule has 7 nitrogen and oxygen atoms in total. The van der Waals surface area contributed by atoms with Gasteiger partial charge in [0.25, 0.3) is 0 Å². The smallest absolute Gasteiger partial charge is 0.244 e. The molecule has 0 radical (unpaired) electrons. The molecular formula is C17H15FN4O3S. The summed E-state index contributed by atoms with van der Waals surface area (Å²) in [5, 5.41) is 0. The zero-order valence-corrected chi connectivity index (χ0v) is 14.6. The van der Waals surface area contributed by atoms with E-state index in [-0.39, 0.29) is 17.2 Å². The van der Waals surface area contributed by atoms with Crippen LogP contribution in [0.15, 0.2) is 60.0 Å². The predicted molar refractivity (Wildman–Crippen MR) is 92.2 cm³/mol. The third-order valence-electron chi connectivity index (χ3n) is 3.57. The number of rotatable bonds is 6. The van der Waals surface area contributed by atoms with Crippen LogP contribution in [-0.4, -0.2) is 30.5 Å². The summed E-state index contributed by atoms with van der Waals surface area (Å²) in [5.41, 5.74) is 1.71. The number of hydrogen-bond donors (Lipinski definition) is 1. The Bertz CT molecular complexity index is 1010. The molecule has 3 aromatic rings. The van der Waals surface area contributed by atoms with E-state index in [9.17, 15) is 12.8 Å². The van der Waals surface area contributed by atoms with Gasteiger partial charge in [0.2, 0.25) is 10.0 Å². The number of benzene rings is 1. The van der Waals surface area contributed by atoms with Gasteiger partial charge in [-0.05, 0) is 30.3 Å². The van der Waals surface area contributed by atoms with E-state index in [1.54, 1.807) is 24.5 Å². The second-order valence-electron chi connectivity index (χ2n) is 5.21. The summed E-state index contributed by atoms with van der Waals surface area (Å²) in [5.74, 6) is -0.629. The largest absolute Gasteiger partial charge is 0.495 e. The van der Waals surface area contributed by atoms with E-state index < -0.39 is 15.8 Å². The molecule has 0 spiro atoms. The van der Waals surface area contributed by atoms with Crippen LogP contribution in [0.2, 0.25) is 0 Å². The highest BCUT2D eigenvalue weighted by atomic mass is 32.2. The summed E-state index contributed by atoms with van der Waals surface area (Å²) in [6.45, 7) is -0.118. The number of ether oxygens (including phenoxy) is 1. The highest BCUT2D eigenvalue weighted by Gasteiger charge is 2.21. The Morgan fingerprint density at radius 3 is 2.54 bits per heavy atom. The number of hydrogen-bond acceptors (Lipinski definition) is 6. The number of methoxy groups -OCH3 is 1. The fourth-order valence-electron chi connectivity index (χ4n) is 2.35. The summed E-state index contributed by atoms with van der Waals surface area (Å²) in [6.07, 6.45) is 6.20. The first-order chi connectivity index (χ1) is 12.5. The molecule has 0 atom stereocenters. The van der Waals surface area contributed by atoms with Crippen molar-refractivity contribution in [1.29, 1.82) is 0 Å². The molecule has 0 aliphatic carbocycles. The number of nitrogens with one attached hydrogen (secondary N) is 1. The summed E-state index contributed by atoms with van der Waals surface area (Å²) in [4.78, 5) is 12.1. The molecule has 3 rings (SSSR count). The summed E-state index contributed by atoms with van der Waals surface area (Å²) in [6, 6.07) is 6.79. The second kappa shape index (κ2) is 7.54. The van der Waals surface area contributed by atoms with Crippen molar-refractivity contribution in [2.24, 2.45) is 0 Å². The van der Waals surface area contributed by atoms with Gasteiger partial charge >= 0.3 is 0 Å². The molecule has 26 heavy (non-hydrogen) atoms. The van der Waals surface area contributed by atoms with Gasteiger partial charge in [-0.15, -0.1) is 0 Å². The molecule has 0 unspecified atom stereocenters. The third kappa shape index (κ3) is 3.84. The molecule has 2 aromatic heterocycles. The minimum Gasteiger partial charge on any atom is -0.495 e. The first-order valence-corrected chi connectivity index (χ1v) is 9.03. The number of nitrogens with zero attached hydrogens (tertiary/aromatic N) is 3. The third-order valence-corrected chi connectivity index (χ3v) is 5.00. The molecule has 134 valence electrons. The van der Waals surface area contributed by atoms with Crippen LogP contribution in [-0.2, 0) is 16.6 Å². The minimum absolute atomic E-state index is 0.0485. The normalized spacial score (nSPS) is 11.3. The first kappa shape index (κ1) is 17.9. The molecule has 0 aliphatic heterocycles. The van der Waals surface area contributed by atoms with Crippen molar-refractivity contribution in [2.45, 2.75) is 11.4 Å². The van der Waals surface area contributed by atoms with E-state index >= 15 is 0 Å². The molecule has 0 aliphatic rings. The van der Waals surface area contributed by atoms with Gasteiger partial charge in [-0.25, -0.2) is 17.5 Å². The number of halogens is 1. The zero-order valence-electron chi connectivity index (χ0n) is 13.8. The highest BCUT2D eigenvalue weighted by Crippen LogP contribution is 2.25. The zero-order chi connectivity index (χ0) is 18.6. The van der Waals surface area contributed by atoms with Gasteiger partial charge in [0.05, 0.1) is 25.0 Å². The Hall–Kier alpha value is -2.91. The summed E-state index contributed by atoms with van der Waals surface area (Å²) in [7, 11) is -2.70. The van der Waals surface area contributed by atoms with Crippen molar-refractivity contribution in [2.75, 3.05) is 7.11 Å². The number of sulfonamides is 1. The van der Waals surface area contributed by atoms with Crippen LogP contribution in [0.1, 0.15) is 5.69 Å². The van der Waals surface area contributed by atoms with E-state index in [1.807, 2.05) is 0 Å². The lowest BCUT2D eigenvalue weighted by atomic mass is 10.1. The minimum atomic E-state index is -4.02. The SMILES string of the molecule is COc1ccc(F)cc1S(=O)(=O)NCc1nccnc1-c1ccncc1. The lowest BCUT2D eigenvalue weighted by Crippen LogP contribution is -2.25. The molecule has 1 aromatic carbocycles. The average Bonchev–Trinajstić information content (AvgIpc) is 2.67. The Morgan fingerprint density at radius 1 is 1.08 bits per heavy atom. The molecule has 0 bridgehead atoms. The monoisotopic (exact) mass is 374 g/mol. The van der Waals surface area contributed by atoms with E-state index in [0.29, 0.717) is 11.4 Å². The van der Waals surface area contributed by atoms with E-state index in [4.69, 9.17) is 4.74 Å². The maximum Gasteiger partial charge on any atom is 0.244 e. The van der Waals surface area contributed by atoms with Gasteiger partial charge < -0.3 is 4.74 Å². The predicted octanol–water partition coefficient (Wildman–Crippen LogP) is 2.16. The van der Waals surface area contributed by atoms with Crippen molar-refractivity contribution in [3.8, 4) is 17.0 Å². The van der Waals surface area contributed by atoms with Crippen LogP contribution in [0, 0.1) is 5.82 Å². The topological polar surface area (TPSA) is 94.1 Å². The van der Waals surface area contributed by atoms with Gasteiger partial charge in [-0.1, -0.05) is 0 Å². The molecule has 9 heteroatoms. The molecule has 1 N–H and O–H groups in total. The fraction of sp³-hybridized carbons (Fsp3) is 0.118. The second-order valence-corrected chi connectivity index (χ2v) is 6.94. The Kier molecular flexibility index (Phi) is 5.19. The van der Waals surface area contributed by atoms with Crippen molar-refractivity contribution < 1.29 is 17.5 Å². The maximum atomic E-state index is 13.5. The molecular weight excluding hydrogens is 359 g/mol. The first-order valence-electron chi connectivity index (χ1n) is 7.55. The van der Waals surface area contributed by atoms with Crippen LogP contribution in [0.4, 0.5) is 4.39 Å². The quantitative estimate of drug-likeness (QED) is 0.711. The van der Waals surface area contributed by atoms with E-state index in [1.165, 1.54) is 25.6 Å². The van der Waals surface area contributed by atoms with Crippen LogP contribution in [0.5, 0.6) is 5.75 Å².